The van der Waals surface area contributed by atoms with Gasteiger partial charge in [-0.15, -0.1) is 0 Å². The Bertz CT molecular complexity index is 348. The summed E-state index contributed by atoms with van der Waals surface area (Å²) >= 11 is 0. The van der Waals surface area contributed by atoms with Gasteiger partial charge in [0, 0.05) is 11.7 Å². The minimum atomic E-state index is 0.687. The second-order valence-corrected chi connectivity index (χ2v) is 5.87. The Kier molecular flexibility index (Phi) is 4.09. The summed E-state index contributed by atoms with van der Waals surface area (Å²) in [4.78, 5) is 0. The summed E-state index contributed by atoms with van der Waals surface area (Å²) in [6.07, 6.45) is 5.44. The highest BCUT2D eigenvalue weighted by atomic mass is 14.9. The average molecular weight is 231 g/mol. The van der Waals surface area contributed by atoms with Crippen molar-refractivity contribution < 1.29 is 0 Å². The van der Waals surface area contributed by atoms with Gasteiger partial charge in [0.25, 0.3) is 0 Å². The Morgan fingerprint density at radius 1 is 1.12 bits per heavy atom. The minimum absolute atomic E-state index is 0.687. The van der Waals surface area contributed by atoms with Gasteiger partial charge in [-0.3, -0.25) is 0 Å². The van der Waals surface area contributed by atoms with E-state index in [-0.39, 0.29) is 0 Å². The SMILES string of the molecule is Cc1cccc(NC2CCC(C(C)C)CC2)c1. The summed E-state index contributed by atoms with van der Waals surface area (Å²) in [7, 11) is 0. The van der Waals surface area contributed by atoms with Crippen molar-refractivity contribution in [2.75, 3.05) is 5.32 Å². The molecule has 0 aromatic heterocycles. The average Bonchev–Trinajstić information content (AvgIpc) is 2.29. The highest BCUT2D eigenvalue weighted by Crippen LogP contribution is 2.31. The molecule has 1 fully saturated rings. The second kappa shape index (κ2) is 5.57. The zero-order valence-electron chi connectivity index (χ0n) is 11.4. The van der Waals surface area contributed by atoms with Crippen LogP contribution in [-0.2, 0) is 0 Å². The van der Waals surface area contributed by atoms with Crippen LogP contribution in [0, 0.1) is 18.8 Å². The van der Waals surface area contributed by atoms with Gasteiger partial charge in [0.2, 0.25) is 0 Å². The molecular formula is C16H25N. The molecule has 1 aromatic rings. The summed E-state index contributed by atoms with van der Waals surface area (Å²) < 4.78 is 0. The highest BCUT2D eigenvalue weighted by molar-refractivity contribution is 5.46. The largest absolute Gasteiger partial charge is 0.382 e. The first-order valence-corrected chi connectivity index (χ1v) is 6.98. The number of hydrogen-bond acceptors (Lipinski definition) is 1. The van der Waals surface area contributed by atoms with Crippen molar-refractivity contribution in [2.45, 2.75) is 52.5 Å². The van der Waals surface area contributed by atoms with Gasteiger partial charge >= 0.3 is 0 Å². The zero-order valence-corrected chi connectivity index (χ0v) is 11.4. The third-order valence-corrected chi connectivity index (χ3v) is 4.10. The first-order valence-electron chi connectivity index (χ1n) is 6.98. The van der Waals surface area contributed by atoms with Crippen LogP contribution in [0.4, 0.5) is 5.69 Å². The van der Waals surface area contributed by atoms with Crippen LogP contribution in [0.5, 0.6) is 0 Å². The van der Waals surface area contributed by atoms with Crippen molar-refractivity contribution in [3.63, 3.8) is 0 Å². The van der Waals surface area contributed by atoms with Crippen molar-refractivity contribution >= 4 is 5.69 Å². The molecule has 1 nitrogen and oxygen atoms in total. The standard InChI is InChI=1S/C16H25N/c1-12(2)14-7-9-15(10-8-14)17-16-6-4-5-13(3)11-16/h4-6,11-12,14-15,17H,7-10H2,1-3H3. The van der Waals surface area contributed by atoms with Crippen molar-refractivity contribution in [3.05, 3.63) is 29.8 Å². The van der Waals surface area contributed by atoms with Gasteiger partial charge in [-0.05, 0) is 62.1 Å². The van der Waals surface area contributed by atoms with Crippen LogP contribution >= 0.6 is 0 Å². The predicted octanol–water partition coefficient (Wildman–Crippen LogP) is 4.62. The zero-order chi connectivity index (χ0) is 12.3. The number of anilines is 1. The van der Waals surface area contributed by atoms with Crippen molar-refractivity contribution in [1.82, 2.24) is 0 Å². The topological polar surface area (TPSA) is 12.0 Å². The number of rotatable bonds is 3. The Balaban J connectivity index is 1.86. The van der Waals surface area contributed by atoms with Gasteiger partial charge < -0.3 is 5.32 Å². The predicted molar refractivity (Wildman–Crippen MR) is 75.4 cm³/mol. The van der Waals surface area contributed by atoms with E-state index in [1.807, 2.05) is 0 Å². The van der Waals surface area contributed by atoms with Gasteiger partial charge in [0.15, 0.2) is 0 Å². The van der Waals surface area contributed by atoms with E-state index >= 15 is 0 Å². The molecule has 0 spiro atoms. The Labute approximate surface area is 106 Å². The molecule has 0 radical (unpaired) electrons. The van der Waals surface area contributed by atoms with Gasteiger partial charge in [-0.2, -0.15) is 0 Å². The Hall–Kier alpha value is -0.980. The maximum atomic E-state index is 3.68. The van der Waals surface area contributed by atoms with Gasteiger partial charge in [-0.1, -0.05) is 26.0 Å². The molecule has 0 heterocycles. The fraction of sp³-hybridized carbons (Fsp3) is 0.625. The van der Waals surface area contributed by atoms with Crippen molar-refractivity contribution in [3.8, 4) is 0 Å². The number of aryl methyl sites for hydroxylation is 1. The van der Waals surface area contributed by atoms with Crippen LogP contribution in [-0.4, -0.2) is 6.04 Å². The van der Waals surface area contributed by atoms with E-state index in [2.05, 4.69) is 50.4 Å². The van der Waals surface area contributed by atoms with E-state index in [1.165, 1.54) is 36.9 Å². The van der Waals surface area contributed by atoms with Crippen LogP contribution in [0.1, 0.15) is 45.1 Å². The Morgan fingerprint density at radius 2 is 1.82 bits per heavy atom. The molecule has 17 heavy (non-hydrogen) atoms. The molecule has 0 bridgehead atoms. The second-order valence-electron chi connectivity index (χ2n) is 5.87. The molecule has 94 valence electrons. The van der Waals surface area contributed by atoms with Crippen molar-refractivity contribution in [1.29, 1.82) is 0 Å². The fourth-order valence-corrected chi connectivity index (χ4v) is 2.90. The monoisotopic (exact) mass is 231 g/mol. The van der Waals surface area contributed by atoms with E-state index < -0.39 is 0 Å². The van der Waals surface area contributed by atoms with Crippen LogP contribution in [0.25, 0.3) is 0 Å². The van der Waals surface area contributed by atoms with Gasteiger partial charge in [0.05, 0.1) is 0 Å². The highest BCUT2D eigenvalue weighted by Gasteiger charge is 2.22. The van der Waals surface area contributed by atoms with E-state index in [9.17, 15) is 0 Å². The summed E-state index contributed by atoms with van der Waals surface area (Å²) in [5.74, 6) is 1.81. The summed E-state index contributed by atoms with van der Waals surface area (Å²) in [6, 6.07) is 9.40. The molecule has 1 N–H and O–H groups in total. The van der Waals surface area contributed by atoms with Crippen LogP contribution in [0.2, 0.25) is 0 Å². The van der Waals surface area contributed by atoms with Crippen LogP contribution in [0.15, 0.2) is 24.3 Å². The summed E-state index contributed by atoms with van der Waals surface area (Å²) in [5.41, 5.74) is 2.63. The van der Waals surface area contributed by atoms with Crippen LogP contribution in [0.3, 0.4) is 0 Å². The van der Waals surface area contributed by atoms with Crippen LogP contribution < -0.4 is 5.32 Å². The quantitative estimate of drug-likeness (QED) is 0.800. The Morgan fingerprint density at radius 3 is 2.41 bits per heavy atom. The molecule has 0 aliphatic heterocycles. The first-order chi connectivity index (χ1) is 8.15. The lowest BCUT2D eigenvalue weighted by Crippen LogP contribution is -2.27. The summed E-state index contributed by atoms with van der Waals surface area (Å²) in [5, 5.41) is 3.68. The van der Waals surface area contributed by atoms with E-state index in [4.69, 9.17) is 0 Å². The first kappa shape index (κ1) is 12.5. The molecule has 1 aromatic carbocycles. The van der Waals surface area contributed by atoms with Gasteiger partial charge in [0.1, 0.15) is 0 Å². The molecule has 0 atom stereocenters. The molecule has 0 saturated heterocycles. The van der Waals surface area contributed by atoms with E-state index in [0.717, 1.165) is 11.8 Å². The minimum Gasteiger partial charge on any atom is -0.382 e. The summed E-state index contributed by atoms with van der Waals surface area (Å²) in [6.45, 7) is 6.87. The molecule has 0 amide bonds. The number of hydrogen-bond donors (Lipinski definition) is 1. The number of nitrogens with one attached hydrogen (secondary N) is 1. The van der Waals surface area contributed by atoms with E-state index in [1.54, 1.807) is 0 Å². The fourth-order valence-electron chi connectivity index (χ4n) is 2.90. The third kappa shape index (κ3) is 3.49. The molecule has 0 unspecified atom stereocenters. The lowest BCUT2D eigenvalue weighted by Gasteiger charge is -2.31. The van der Waals surface area contributed by atoms with Gasteiger partial charge in [-0.25, -0.2) is 0 Å². The van der Waals surface area contributed by atoms with Crippen molar-refractivity contribution in [2.24, 2.45) is 11.8 Å². The maximum absolute atomic E-state index is 3.68. The molecular weight excluding hydrogens is 206 g/mol. The molecule has 1 aliphatic rings. The number of benzene rings is 1. The molecule has 1 heteroatoms. The molecule has 1 saturated carbocycles. The molecule has 1 aliphatic carbocycles. The maximum Gasteiger partial charge on any atom is 0.0344 e. The normalized spacial score (nSPS) is 24.9. The smallest absolute Gasteiger partial charge is 0.0344 e. The third-order valence-electron chi connectivity index (χ3n) is 4.10. The lowest BCUT2D eigenvalue weighted by atomic mass is 9.79. The van der Waals surface area contributed by atoms with E-state index in [0.29, 0.717) is 6.04 Å². The molecule has 2 rings (SSSR count). The lowest BCUT2D eigenvalue weighted by molar-refractivity contribution is 0.267.